The van der Waals surface area contributed by atoms with Gasteiger partial charge in [0.05, 0.1) is 5.69 Å². The minimum atomic E-state index is -0.978. The lowest BCUT2D eigenvalue weighted by Crippen LogP contribution is -2.40. The predicted octanol–water partition coefficient (Wildman–Crippen LogP) is 1.52. The van der Waals surface area contributed by atoms with Crippen molar-refractivity contribution >= 4 is 11.9 Å². The molecule has 0 unspecified atom stereocenters. The number of aryl methyl sites for hydroxylation is 1. The van der Waals surface area contributed by atoms with Crippen molar-refractivity contribution in [2.24, 2.45) is 0 Å². The first-order valence-electron chi connectivity index (χ1n) is 7.67. The third kappa shape index (κ3) is 2.81. The number of carboxylic acids is 1. The maximum absolute atomic E-state index is 12.6. The second-order valence-corrected chi connectivity index (χ2v) is 5.45. The van der Waals surface area contributed by atoms with Crippen LogP contribution >= 0.6 is 0 Å². The Labute approximate surface area is 133 Å². The minimum Gasteiger partial charge on any atom is -0.480 e. The van der Waals surface area contributed by atoms with Gasteiger partial charge in [-0.25, -0.2) is 14.5 Å². The second-order valence-electron chi connectivity index (χ2n) is 5.45. The topological polar surface area (TPSA) is 88.3 Å². The lowest BCUT2D eigenvalue weighted by Gasteiger charge is -2.19. The van der Waals surface area contributed by atoms with Gasteiger partial charge in [-0.1, -0.05) is 25.1 Å². The molecule has 1 aromatic heterocycles. The zero-order valence-electron chi connectivity index (χ0n) is 12.8. The van der Waals surface area contributed by atoms with E-state index in [1.165, 1.54) is 4.90 Å². The summed E-state index contributed by atoms with van der Waals surface area (Å²) in [5, 5.41) is 13.5. The molecule has 23 heavy (non-hydrogen) atoms. The molecule has 120 valence electrons. The van der Waals surface area contributed by atoms with Crippen molar-refractivity contribution in [2.75, 3.05) is 6.54 Å². The quantitative estimate of drug-likeness (QED) is 0.924. The summed E-state index contributed by atoms with van der Waals surface area (Å²) < 4.78 is 1.64. The molecule has 2 aromatic rings. The molecule has 1 aromatic carbocycles. The molecule has 1 aliphatic rings. The normalized spacial score (nSPS) is 17.4. The minimum absolute atomic E-state index is 0.0545. The molecule has 7 nitrogen and oxygen atoms in total. The number of carboxylic acid groups (broad SMARTS) is 1. The smallest absolute Gasteiger partial charge is 0.326 e. The van der Waals surface area contributed by atoms with Crippen LogP contribution < -0.4 is 0 Å². The fraction of sp³-hybridized carbons (Fsp3) is 0.375. The molecule has 1 aliphatic heterocycles. The summed E-state index contributed by atoms with van der Waals surface area (Å²) >= 11 is 0. The number of para-hydroxylation sites is 1. The average Bonchev–Trinajstić information content (AvgIpc) is 3.22. The number of amides is 1. The van der Waals surface area contributed by atoms with E-state index in [0.29, 0.717) is 31.6 Å². The van der Waals surface area contributed by atoms with Gasteiger partial charge < -0.3 is 10.0 Å². The summed E-state index contributed by atoms with van der Waals surface area (Å²) in [5.74, 6) is -0.669. The molecule has 0 radical (unpaired) electrons. The number of aliphatic carboxylic acids is 1. The summed E-state index contributed by atoms with van der Waals surface area (Å²) in [7, 11) is 0. The Morgan fingerprint density at radius 2 is 2.04 bits per heavy atom. The van der Waals surface area contributed by atoms with Crippen LogP contribution in [0.25, 0.3) is 5.69 Å². The van der Waals surface area contributed by atoms with Crippen molar-refractivity contribution < 1.29 is 14.7 Å². The molecule has 0 spiro atoms. The molecule has 2 heterocycles. The molecule has 1 fully saturated rings. The highest BCUT2D eigenvalue weighted by Gasteiger charge is 2.36. The van der Waals surface area contributed by atoms with Crippen LogP contribution in [0.1, 0.15) is 36.2 Å². The van der Waals surface area contributed by atoms with E-state index in [4.69, 9.17) is 0 Å². The molecular formula is C16H18N4O3. The van der Waals surface area contributed by atoms with Gasteiger partial charge in [0.1, 0.15) is 11.9 Å². The van der Waals surface area contributed by atoms with Crippen LogP contribution in [0.5, 0.6) is 0 Å². The Kier molecular flexibility index (Phi) is 4.10. The third-order valence-electron chi connectivity index (χ3n) is 3.98. The predicted molar refractivity (Wildman–Crippen MR) is 82.4 cm³/mol. The molecular weight excluding hydrogens is 296 g/mol. The van der Waals surface area contributed by atoms with Gasteiger partial charge in [-0.05, 0) is 25.0 Å². The fourth-order valence-corrected chi connectivity index (χ4v) is 2.83. The zero-order valence-corrected chi connectivity index (χ0v) is 12.8. The summed E-state index contributed by atoms with van der Waals surface area (Å²) in [4.78, 5) is 29.5. The number of benzene rings is 1. The van der Waals surface area contributed by atoms with Gasteiger partial charge in [-0.2, -0.15) is 0 Å². The number of carbonyl (C=O) groups excluding carboxylic acids is 1. The third-order valence-corrected chi connectivity index (χ3v) is 3.98. The van der Waals surface area contributed by atoms with Crippen molar-refractivity contribution in [3.63, 3.8) is 0 Å². The number of nitrogens with zero attached hydrogens (tertiary/aromatic N) is 4. The Bertz CT molecular complexity index is 726. The standard InChI is InChI=1S/C16H18N4O3/c1-2-13-17-14(18-20(13)11-7-4-3-5-8-11)15(21)19-10-6-9-12(19)16(22)23/h3-5,7-8,12H,2,6,9-10H2,1H3,(H,22,23)/t12-/m0/s1. The first-order valence-corrected chi connectivity index (χ1v) is 7.67. The van der Waals surface area contributed by atoms with Gasteiger partial charge in [-0.3, -0.25) is 4.79 Å². The SMILES string of the molecule is CCc1nc(C(=O)N2CCC[C@H]2C(=O)O)nn1-c1ccccc1. The van der Waals surface area contributed by atoms with Crippen molar-refractivity contribution in [3.8, 4) is 5.69 Å². The van der Waals surface area contributed by atoms with E-state index in [0.717, 1.165) is 5.69 Å². The van der Waals surface area contributed by atoms with E-state index >= 15 is 0 Å². The Morgan fingerprint density at radius 3 is 2.70 bits per heavy atom. The Morgan fingerprint density at radius 1 is 1.30 bits per heavy atom. The monoisotopic (exact) mass is 314 g/mol. The number of hydrogen-bond acceptors (Lipinski definition) is 4. The Hall–Kier alpha value is -2.70. The first-order chi connectivity index (χ1) is 11.1. The summed E-state index contributed by atoms with van der Waals surface area (Å²) in [5.41, 5.74) is 0.826. The van der Waals surface area contributed by atoms with Gasteiger partial charge in [-0.15, -0.1) is 5.10 Å². The fourth-order valence-electron chi connectivity index (χ4n) is 2.83. The van der Waals surface area contributed by atoms with Crippen LogP contribution in [0.2, 0.25) is 0 Å². The number of hydrogen-bond donors (Lipinski definition) is 1. The number of likely N-dealkylation sites (tertiary alicyclic amines) is 1. The van der Waals surface area contributed by atoms with E-state index in [-0.39, 0.29) is 5.82 Å². The van der Waals surface area contributed by atoms with Crippen molar-refractivity contribution in [3.05, 3.63) is 42.0 Å². The number of rotatable bonds is 4. The van der Waals surface area contributed by atoms with E-state index in [2.05, 4.69) is 10.1 Å². The largest absolute Gasteiger partial charge is 0.480 e. The zero-order chi connectivity index (χ0) is 16.4. The highest BCUT2D eigenvalue weighted by molar-refractivity contribution is 5.93. The van der Waals surface area contributed by atoms with E-state index in [1.807, 2.05) is 37.3 Å². The van der Waals surface area contributed by atoms with Crippen molar-refractivity contribution in [1.82, 2.24) is 19.7 Å². The van der Waals surface area contributed by atoms with Gasteiger partial charge in [0.25, 0.3) is 5.91 Å². The second kappa shape index (κ2) is 6.20. The molecule has 0 bridgehead atoms. The number of carbonyl (C=O) groups is 2. The van der Waals surface area contributed by atoms with E-state index in [1.54, 1.807) is 4.68 Å². The van der Waals surface area contributed by atoms with E-state index in [9.17, 15) is 14.7 Å². The Balaban J connectivity index is 1.93. The molecule has 0 saturated carbocycles. The summed E-state index contributed by atoms with van der Waals surface area (Å²) in [6.45, 7) is 2.37. The van der Waals surface area contributed by atoms with Gasteiger partial charge >= 0.3 is 5.97 Å². The van der Waals surface area contributed by atoms with Gasteiger partial charge in [0.2, 0.25) is 5.82 Å². The molecule has 1 atom stereocenters. The van der Waals surface area contributed by atoms with Gasteiger partial charge in [0.15, 0.2) is 0 Å². The van der Waals surface area contributed by atoms with Crippen LogP contribution in [0.4, 0.5) is 0 Å². The molecule has 1 saturated heterocycles. The van der Waals surface area contributed by atoms with E-state index < -0.39 is 17.9 Å². The average molecular weight is 314 g/mol. The van der Waals surface area contributed by atoms with Crippen molar-refractivity contribution in [2.45, 2.75) is 32.2 Å². The molecule has 0 aliphatic carbocycles. The molecule has 3 rings (SSSR count). The highest BCUT2D eigenvalue weighted by atomic mass is 16.4. The molecule has 1 amide bonds. The van der Waals surface area contributed by atoms with Gasteiger partial charge in [0, 0.05) is 13.0 Å². The summed E-state index contributed by atoms with van der Waals surface area (Å²) in [6, 6.07) is 8.67. The highest BCUT2D eigenvalue weighted by Crippen LogP contribution is 2.20. The lowest BCUT2D eigenvalue weighted by atomic mass is 10.2. The molecule has 7 heteroatoms. The summed E-state index contributed by atoms with van der Waals surface area (Å²) in [6.07, 6.45) is 1.78. The van der Waals surface area contributed by atoms with Crippen molar-refractivity contribution in [1.29, 1.82) is 0 Å². The lowest BCUT2D eigenvalue weighted by molar-refractivity contribution is -0.141. The van der Waals surface area contributed by atoms with Crippen LogP contribution in [0, 0.1) is 0 Å². The number of aromatic nitrogens is 3. The van der Waals surface area contributed by atoms with Crippen LogP contribution in [0.3, 0.4) is 0 Å². The van der Waals surface area contributed by atoms with Crippen LogP contribution in [-0.4, -0.2) is 49.2 Å². The van der Waals surface area contributed by atoms with Crippen LogP contribution in [0.15, 0.2) is 30.3 Å². The maximum Gasteiger partial charge on any atom is 0.326 e. The van der Waals surface area contributed by atoms with Crippen LogP contribution in [-0.2, 0) is 11.2 Å². The first kappa shape index (κ1) is 15.2. The maximum atomic E-state index is 12.6. The molecule has 1 N–H and O–H groups in total.